The van der Waals surface area contributed by atoms with Gasteiger partial charge in [-0.15, -0.1) is 0 Å². The molecule has 164 valence electrons. The average Bonchev–Trinajstić information content (AvgIpc) is 3.48. The number of nitrogens with one attached hydrogen (secondary N) is 1. The van der Waals surface area contributed by atoms with E-state index in [2.05, 4.69) is 5.32 Å². The Balaban J connectivity index is 1.30. The summed E-state index contributed by atoms with van der Waals surface area (Å²) >= 11 is 0. The lowest BCUT2D eigenvalue weighted by atomic mass is 9.94. The number of hydrogen-bond acceptors (Lipinski definition) is 5. The first-order chi connectivity index (χ1) is 15.7. The average molecular weight is 432 g/mol. The van der Waals surface area contributed by atoms with Crippen molar-refractivity contribution in [3.8, 4) is 11.5 Å². The maximum absolute atomic E-state index is 13.6. The Morgan fingerprint density at radius 1 is 1.06 bits per heavy atom. The van der Waals surface area contributed by atoms with E-state index in [1.54, 1.807) is 18.2 Å². The van der Waals surface area contributed by atoms with Gasteiger partial charge in [-0.25, -0.2) is 4.98 Å². The van der Waals surface area contributed by atoms with Crippen LogP contribution >= 0.6 is 0 Å². The van der Waals surface area contributed by atoms with Crippen molar-refractivity contribution in [1.29, 1.82) is 0 Å². The molecule has 0 spiro atoms. The molecule has 3 aromatic rings. The number of para-hydroxylation sites is 2. The van der Waals surface area contributed by atoms with Crippen LogP contribution in [-0.4, -0.2) is 34.2 Å². The fourth-order valence-electron chi connectivity index (χ4n) is 5.10. The standard InChI is InChI=1S/C24H24N4O4/c29-22(25-15-10-11-20-21(12-15)32-14-31-20)13-19-23(30)27(16-6-2-1-3-7-16)24-26-17-8-4-5-9-18(17)28(19)24/h4-5,8-12,16,19H,1-3,6-7,13-14H2,(H,25,29). The second kappa shape index (κ2) is 7.55. The summed E-state index contributed by atoms with van der Waals surface area (Å²) in [4.78, 5) is 33.2. The Bertz CT molecular complexity index is 1210. The Kier molecular flexibility index (Phi) is 4.52. The molecule has 2 aliphatic heterocycles. The highest BCUT2D eigenvalue weighted by Crippen LogP contribution is 2.40. The summed E-state index contributed by atoms with van der Waals surface area (Å²) in [5.41, 5.74) is 2.34. The number of anilines is 2. The predicted octanol–water partition coefficient (Wildman–Crippen LogP) is 4.01. The lowest BCUT2D eigenvalue weighted by molar-refractivity contribution is -0.125. The molecule has 1 atom stereocenters. The summed E-state index contributed by atoms with van der Waals surface area (Å²) in [6, 6.07) is 12.6. The van der Waals surface area contributed by atoms with Crippen molar-refractivity contribution in [3.63, 3.8) is 0 Å². The number of fused-ring (bicyclic) bond motifs is 4. The summed E-state index contributed by atoms with van der Waals surface area (Å²) in [5, 5.41) is 2.91. The number of aromatic nitrogens is 2. The number of imidazole rings is 1. The normalized spacial score (nSPS) is 20.1. The molecular formula is C24H24N4O4. The van der Waals surface area contributed by atoms with Gasteiger partial charge in [-0.2, -0.15) is 0 Å². The second-order valence-corrected chi connectivity index (χ2v) is 8.61. The molecule has 3 aliphatic rings. The van der Waals surface area contributed by atoms with Gasteiger partial charge in [0.25, 0.3) is 5.91 Å². The number of carbonyl (C=O) groups excluding carboxylic acids is 2. The molecule has 1 N–H and O–H groups in total. The van der Waals surface area contributed by atoms with E-state index in [1.807, 2.05) is 33.7 Å². The molecule has 1 unspecified atom stereocenters. The number of nitrogens with zero attached hydrogens (tertiary/aromatic N) is 3. The van der Waals surface area contributed by atoms with Crippen molar-refractivity contribution in [2.24, 2.45) is 0 Å². The van der Waals surface area contributed by atoms with Crippen molar-refractivity contribution in [3.05, 3.63) is 42.5 Å². The van der Waals surface area contributed by atoms with E-state index < -0.39 is 6.04 Å². The van der Waals surface area contributed by atoms with Crippen molar-refractivity contribution < 1.29 is 19.1 Å². The molecule has 3 heterocycles. The van der Waals surface area contributed by atoms with E-state index in [0.29, 0.717) is 23.1 Å². The molecule has 2 aromatic carbocycles. The molecule has 8 heteroatoms. The first-order valence-corrected chi connectivity index (χ1v) is 11.2. The van der Waals surface area contributed by atoms with Crippen LogP contribution in [0.2, 0.25) is 0 Å². The minimum absolute atomic E-state index is 0.0361. The van der Waals surface area contributed by atoms with Gasteiger partial charge >= 0.3 is 0 Å². The lowest BCUT2D eigenvalue weighted by Gasteiger charge is -2.30. The minimum atomic E-state index is -0.603. The number of hydrogen-bond donors (Lipinski definition) is 1. The topological polar surface area (TPSA) is 85.7 Å². The van der Waals surface area contributed by atoms with Crippen LogP contribution in [0.4, 0.5) is 11.6 Å². The van der Waals surface area contributed by atoms with E-state index in [9.17, 15) is 9.59 Å². The molecule has 0 radical (unpaired) electrons. The zero-order chi connectivity index (χ0) is 21.7. The first kappa shape index (κ1) is 19.2. The number of rotatable bonds is 4. The van der Waals surface area contributed by atoms with Crippen molar-refractivity contribution in [1.82, 2.24) is 9.55 Å². The maximum atomic E-state index is 13.6. The van der Waals surface area contributed by atoms with Crippen LogP contribution in [-0.2, 0) is 9.59 Å². The molecule has 1 fully saturated rings. The van der Waals surface area contributed by atoms with Gasteiger partial charge in [0.1, 0.15) is 6.04 Å². The maximum Gasteiger partial charge on any atom is 0.253 e. The van der Waals surface area contributed by atoms with Crippen LogP contribution in [0.1, 0.15) is 44.6 Å². The highest BCUT2D eigenvalue weighted by atomic mass is 16.7. The lowest BCUT2D eigenvalue weighted by Crippen LogP contribution is -2.41. The molecule has 8 nitrogen and oxygen atoms in total. The van der Waals surface area contributed by atoms with Gasteiger partial charge in [0.05, 0.1) is 17.5 Å². The zero-order valence-corrected chi connectivity index (χ0v) is 17.6. The Morgan fingerprint density at radius 3 is 2.75 bits per heavy atom. The second-order valence-electron chi connectivity index (χ2n) is 8.61. The third-order valence-corrected chi connectivity index (χ3v) is 6.60. The number of amides is 2. The van der Waals surface area contributed by atoms with Crippen LogP contribution in [0.25, 0.3) is 11.0 Å². The molecule has 32 heavy (non-hydrogen) atoms. The largest absolute Gasteiger partial charge is 0.454 e. The Morgan fingerprint density at radius 2 is 1.88 bits per heavy atom. The van der Waals surface area contributed by atoms with Gasteiger partial charge in [-0.1, -0.05) is 31.4 Å². The van der Waals surface area contributed by atoms with Crippen LogP contribution in [0.3, 0.4) is 0 Å². The van der Waals surface area contributed by atoms with Gasteiger partial charge in [-0.05, 0) is 37.1 Å². The van der Waals surface area contributed by atoms with Crippen LogP contribution in [0.5, 0.6) is 11.5 Å². The minimum Gasteiger partial charge on any atom is -0.454 e. The first-order valence-electron chi connectivity index (χ1n) is 11.2. The van der Waals surface area contributed by atoms with E-state index in [0.717, 1.165) is 36.7 Å². The predicted molar refractivity (Wildman–Crippen MR) is 119 cm³/mol. The van der Waals surface area contributed by atoms with Crippen molar-refractivity contribution in [2.45, 2.75) is 50.6 Å². The molecule has 2 amide bonds. The summed E-state index contributed by atoms with van der Waals surface area (Å²) < 4.78 is 12.7. The van der Waals surface area contributed by atoms with Crippen molar-refractivity contribution in [2.75, 3.05) is 17.0 Å². The number of ether oxygens (including phenoxy) is 2. The smallest absolute Gasteiger partial charge is 0.253 e. The monoisotopic (exact) mass is 432 g/mol. The highest BCUT2D eigenvalue weighted by molar-refractivity contribution is 6.05. The Hall–Kier alpha value is -3.55. The molecular weight excluding hydrogens is 408 g/mol. The van der Waals surface area contributed by atoms with Crippen molar-refractivity contribution >= 4 is 34.5 Å². The van der Waals surface area contributed by atoms with Crippen LogP contribution < -0.4 is 19.7 Å². The zero-order valence-electron chi connectivity index (χ0n) is 17.6. The van der Waals surface area contributed by atoms with Gasteiger partial charge in [-0.3, -0.25) is 19.1 Å². The highest BCUT2D eigenvalue weighted by Gasteiger charge is 2.44. The molecule has 1 aliphatic carbocycles. The fraction of sp³-hybridized carbons (Fsp3) is 0.375. The van der Waals surface area contributed by atoms with E-state index in [1.165, 1.54) is 6.42 Å². The summed E-state index contributed by atoms with van der Waals surface area (Å²) in [5.74, 6) is 1.67. The van der Waals surface area contributed by atoms with E-state index >= 15 is 0 Å². The summed E-state index contributed by atoms with van der Waals surface area (Å²) in [6.45, 7) is 0.177. The summed E-state index contributed by atoms with van der Waals surface area (Å²) in [6.07, 6.45) is 5.43. The third kappa shape index (κ3) is 3.09. The van der Waals surface area contributed by atoms with Crippen LogP contribution in [0.15, 0.2) is 42.5 Å². The molecule has 1 aromatic heterocycles. The van der Waals surface area contributed by atoms with Gasteiger partial charge in [0.2, 0.25) is 18.6 Å². The van der Waals surface area contributed by atoms with E-state index in [-0.39, 0.29) is 31.1 Å². The van der Waals surface area contributed by atoms with E-state index in [4.69, 9.17) is 14.5 Å². The Labute approximate surface area is 185 Å². The fourth-order valence-corrected chi connectivity index (χ4v) is 5.10. The molecule has 0 saturated heterocycles. The van der Waals surface area contributed by atoms with Gasteiger partial charge in [0.15, 0.2) is 11.5 Å². The molecule has 6 rings (SSSR count). The number of carbonyl (C=O) groups is 2. The SMILES string of the molecule is O=C(CC1C(=O)N(C2CCCCC2)c2nc3ccccc3n21)Nc1ccc2c(c1)OCO2. The molecule has 0 bridgehead atoms. The van der Waals surface area contributed by atoms with Crippen LogP contribution in [0, 0.1) is 0 Å². The quantitative estimate of drug-likeness (QED) is 0.673. The van der Waals surface area contributed by atoms with Gasteiger partial charge < -0.3 is 14.8 Å². The number of benzene rings is 2. The summed E-state index contributed by atoms with van der Waals surface area (Å²) in [7, 11) is 0. The molecule has 1 saturated carbocycles. The van der Waals surface area contributed by atoms with Gasteiger partial charge in [0, 0.05) is 17.8 Å². The third-order valence-electron chi connectivity index (χ3n) is 6.60.